The van der Waals surface area contributed by atoms with Gasteiger partial charge in [-0.25, -0.2) is 4.79 Å². The molecule has 2 amide bonds. The van der Waals surface area contributed by atoms with E-state index in [-0.39, 0.29) is 0 Å². The lowest BCUT2D eigenvalue weighted by molar-refractivity contribution is -0.138. The second-order valence-electron chi connectivity index (χ2n) is 2.66. The van der Waals surface area contributed by atoms with Gasteiger partial charge in [-0.2, -0.15) is 0 Å². The van der Waals surface area contributed by atoms with Gasteiger partial charge in [-0.1, -0.05) is 0 Å². The highest BCUT2D eigenvalue weighted by Gasteiger charge is 2.09. The summed E-state index contributed by atoms with van der Waals surface area (Å²) < 4.78 is 8.74. The van der Waals surface area contributed by atoms with Crippen molar-refractivity contribution in [2.24, 2.45) is 11.5 Å². The fourth-order valence-electron chi connectivity index (χ4n) is 0.657. The molecule has 0 fully saturated rings. The largest absolute Gasteiger partial charge is 0.480 e. The highest BCUT2D eigenvalue weighted by atomic mass is 31.1. The van der Waals surface area contributed by atoms with Crippen molar-refractivity contribution in [3.05, 3.63) is 0 Å². The van der Waals surface area contributed by atoms with Crippen molar-refractivity contribution in [1.82, 2.24) is 5.32 Å². The molecule has 16 heavy (non-hydrogen) atoms. The van der Waals surface area contributed by atoms with E-state index >= 15 is 0 Å². The van der Waals surface area contributed by atoms with E-state index < -0.39 is 26.3 Å². The minimum atomic E-state index is -3.13. The Bertz CT molecular complexity index is 244. The van der Waals surface area contributed by atoms with E-state index in [0.717, 1.165) is 0 Å². The SMILES string of the molecule is NC(=O)NCCC[C@H](N)C(=O)O.O=[PH](O)O. The number of urea groups is 1. The van der Waals surface area contributed by atoms with Crippen LogP contribution in [-0.2, 0) is 9.36 Å². The standard InChI is InChI=1S/C6H13N3O3.H3O3P/c7-4(5(10)11)2-1-3-9-6(8)12;1-4(2)3/h4H,1-3,7H2,(H,10,11)(H3,8,9,12);4H,(H2,1,2,3)/t4-;/m0./s1. The molecule has 0 bridgehead atoms. The number of primary amides is 1. The van der Waals surface area contributed by atoms with Gasteiger partial charge in [0.15, 0.2) is 0 Å². The van der Waals surface area contributed by atoms with Crippen LogP contribution in [0.5, 0.6) is 0 Å². The van der Waals surface area contributed by atoms with Crippen LogP contribution in [0.15, 0.2) is 0 Å². The summed E-state index contributed by atoms with van der Waals surface area (Å²) in [6.07, 6.45) is 0.839. The van der Waals surface area contributed by atoms with Crippen LogP contribution in [0.1, 0.15) is 12.8 Å². The molecule has 0 aliphatic heterocycles. The van der Waals surface area contributed by atoms with Gasteiger partial charge in [-0.15, -0.1) is 0 Å². The highest BCUT2D eigenvalue weighted by molar-refractivity contribution is 7.30. The minimum absolute atomic E-state index is 0.329. The van der Waals surface area contributed by atoms with Crippen molar-refractivity contribution in [3.63, 3.8) is 0 Å². The molecule has 10 heteroatoms. The first-order valence-corrected chi connectivity index (χ1v) is 5.51. The van der Waals surface area contributed by atoms with Crippen LogP contribution in [0.2, 0.25) is 0 Å². The third kappa shape index (κ3) is 18.6. The van der Waals surface area contributed by atoms with Gasteiger partial charge in [0.05, 0.1) is 0 Å². The molecule has 0 aliphatic rings. The van der Waals surface area contributed by atoms with Crippen LogP contribution >= 0.6 is 8.25 Å². The van der Waals surface area contributed by atoms with Crippen molar-refractivity contribution in [1.29, 1.82) is 0 Å². The predicted octanol–water partition coefficient (Wildman–Crippen LogP) is -1.79. The van der Waals surface area contributed by atoms with E-state index in [0.29, 0.717) is 19.4 Å². The molecule has 96 valence electrons. The number of amides is 2. The zero-order valence-corrected chi connectivity index (χ0v) is 9.42. The van der Waals surface area contributed by atoms with Crippen molar-refractivity contribution < 1.29 is 29.0 Å². The quantitative estimate of drug-likeness (QED) is 0.248. The summed E-state index contributed by atoms with van der Waals surface area (Å²) in [7, 11) is -3.13. The zero-order chi connectivity index (χ0) is 13.1. The summed E-state index contributed by atoms with van der Waals surface area (Å²) in [6.45, 7) is 0.357. The van der Waals surface area contributed by atoms with E-state index in [2.05, 4.69) is 5.32 Å². The van der Waals surface area contributed by atoms with Crippen LogP contribution in [0, 0.1) is 0 Å². The molecular weight excluding hydrogens is 241 g/mol. The van der Waals surface area contributed by atoms with E-state index in [1.807, 2.05) is 0 Å². The smallest absolute Gasteiger partial charge is 0.320 e. The first-order chi connectivity index (χ1) is 7.27. The zero-order valence-electron chi connectivity index (χ0n) is 8.42. The summed E-state index contributed by atoms with van der Waals surface area (Å²) >= 11 is 0. The van der Waals surface area contributed by atoms with Crippen molar-refractivity contribution in [2.75, 3.05) is 6.54 Å². The molecule has 0 rings (SSSR count). The highest BCUT2D eigenvalue weighted by Crippen LogP contribution is 1.98. The number of carbonyl (C=O) groups excluding carboxylic acids is 1. The topological polar surface area (TPSA) is 176 Å². The Morgan fingerprint density at radius 2 is 1.81 bits per heavy atom. The Labute approximate surface area is 92.4 Å². The molecule has 1 atom stereocenters. The van der Waals surface area contributed by atoms with Gasteiger partial charge in [0.1, 0.15) is 6.04 Å². The molecule has 0 spiro atoms. The number of carbonyl (C=O) groups is 2. The van der Waals surface area contributed by atoms with Crippen LogP contribution in [0.3, 0.4) is 0 Å². The molecule has 0 aromatic rings. The van der Waals surface area contributed by atoms with Gasteiger partial charge >= 0.3 is 20.3 Å². The van der Waals surface area contributed by atoms with E-state index in [1.54, 1.807) is 0 Å². The number of hydrogen-bond acceptors (Lipinski definition) is 4. The normalized spacial score (nSPS) is 11.2. The lowest BCUT2D eigenvalue weighted by atomic mass is 10.2. The summed E-state index contributed by atoms with van der Waals surface area (Å²) in [5, 5.41) is 10.7. The Hall–Kier alpha value is -1.15. The Morgan fingerprint density at radius 3 is 2.12 bits per heavy atom. The van der Waals surface area contributed by atoms with E-state index in [4.69, 9.17) is 30.9 Å². The second-order valence-corrected chi connectivity index (χ2v) is 3.23. The third-order valence-corrected chi connectivity index (χ3v) is 1.31. The summed E-state index contributed by atoms with van der Waals surface area (Å²) in [6, 6.07) is -1.47. The Morgan fingerprint density at radius 1 is 1.38 bits per heavy atom. The number of aliphatic carboxylic acids is 1. The maximum Gasteiger partial charge on any atom is 0.320 e. The van der Waals surface area contributed by atoms with Gasteiger partial charge in [0.25, 0.3) is 0 Å². The van der Waals surface area contributed by atoms with Gasteiger partial charge in [-0.3, -0.25) is 9.36 Å². The number of hydrogen-bond donors (Lipinski definition) is 6. The van der Waals surface area contributed by atoms with Crippen molar-refractivity contribution in [2.45, 2.75) is 18.9 Å². The first kappa shape index (κ1) is 17.3. The number of nitrogens with one attached hydrogen (secondary N) is 1. The van der Waals surface area contributed by atoms with Crippen LogP contribution in [-0.4, -0.2) is 39.5 Å². The summed E-state index contributed by atoms with van der Waals surface area (Å²) in [5.41, 5.74) is 9.96. The number of nitrogens with two attached hydrogens (primary N) is 2. The van der Waals surface area contributed by atoms with Crippen LogP contribution in [0.25, 0.3) is 0 Å². The lowest BCUT2D eigenvalue weighted by Gasteiger charge is -2.05. The average molecular weight is 257 g/mol. The van der Waals surface area contributed by atoms with Crippen molar-refractivity contribution >= 4 is 20.3 Å². The molecule has 0 radical (unpaired) electrons. The molecule has 0 aliphatic carbocycles. The van der Waals surface area contributed by atoms with Gasteiger partial charge < -0.3 is 31.7 Å². The fraction of sp³-hybridized carbons (Fsp3) is 0.667. The first-order valence-electron chi connectivity index (χ1n) is 4.21. The summed E-state index contributed by atoms with van der Waals surface area (Å²) in [4.78, 5) is 34.6. The maximum absolute atomic E-state index is 10.2. The Balaban J connectivity index is 0. The minimum Gasteiger partial charge on any atom is -0.480 e. The Kier molecular flexibility index (Phi) is 11.2. The predicted molar refractivity (Wildman–Crippen MR) is 55.9 cm³/mol. The third-order valence-electron chi connectivity index (χ3n) is 1.31. The molecule has 0 unspecified atom stereocenters. The molecule has 0 saturated heterocycles. The van der Waals surface area contributed by atoms with Crippen LogP contribution in [0.4, 0.5) is 4.79 Å². The molecule has 8 N–H and O–H groups in total. The number of carboxylic acid groups (broad SMARTS) is 1. The van der Waals surface area contributed by atoms with Gasteiger partial charge in [-0.05, 0) is 12.8 Å². The van der Waals surface area contributed by atoms with Crippen LogP contribution < -0.4 is 16.8 Å². The number of rotatable bonds is 5. The molecule has 0 saturated carbocycles. The fourth-order valence-corrected chi connectivity index (χ4v) is 0.657. The van der Waals surface area contributed by atoms with Gasteiger partial charge in [0, 0.05) is 6.54 Å². The van der Waals surface area contributed by atoms with E-state index in [1.165, 1.54) is 0 Å². The average Bonchev–Trinajstić information content (AvgIpc) is 2.10. The van der Waals surface area contributed by atoms with Crippen molar-refractivity contribution in [3.8, 4) is 0 Å². The molecule has 0 aromatic heterocycles. The molecule has 0 heterocycles. The maximum atomic E-state index is 10.2. The molecular formula is C6H16N3O6P. The molecule has 0 aromatic carbocycles. The summed E-state index contributed by atoms with van der Waals surface area (Å²) in [5.74, 6) is -1.03. The van der Waals surface area contributed by atoms with Gasteiger partial charge in [0.2, 0.25) is 0 Å². The monoisotopic (exact) mass is 257 g/mol. The lowest BCUT2D eigenvalue weighted by Crippen LogP contribution is -2.33. The second kappa shape index (κ2) is 10.4. The van der Waals surface area contributed by atoms with E-state index in [9.17, 15) is 9.59 Å². The number of carboxylic acids is 1. The molecule has 9 nitrogen and oxygen atoms in total.